The van der Waals surface area contributed by atoms with Crippen molar-refractivity contribution in [2.24, 2.45) is 0 Å². The number of amides is 4. The standard InChI is InChI=1S/C98H174N4O42/c1-7-9-11-13-15-17-19-21-22-23-24-25-26-27-28-29-30-32-34-36-38-40-42-44-66(114)102-57(58(113)43-41-39-37-35-33-31-20-18-16-14-12-10-8-2)52-129-94-81(126)78(123)84(63(49-107)135-94)138-96-82(127)79(124)85(64(50-108)136-96)139-97-83(128)89(143-93-68(100-55(5)111)87(73(118)61(47-105)133-93)141-91-67(99-54(4)110)75(120)71(116)59(45-103)131-91)86(65(51-109)137-97)140-92-69(101-56(6)112)88(74(119)62(48-106)132-92)142-98-90(77(122)72(117)60(46-104)134-98)144-95-80(125)76(121)70(115)53(3)130-95/h21-22,41,43,53,57-65,67-98,103-109,113,115-128H,7-20,23-40,42,44-52H2,1-6H3,(H,99,110)(H,100,111)(H,101,112)(H,102,114)/b22-21-,43-41+/t53?,57-,58+,59?,60?,61?,62?,63?,64?,65?,67?,68?,69?,70+,71-,72-,73-,74-,75+,76?,77-,78+,79+,80-,81?,82?,83?,84+,85-,86-,87+,88+,89+,90?,91+,92-,93-,94+,95+,96-,97-,98-/m0/s1. The second kappa shape index (κ2) is 66.1. The third-order valence-electron chi connectivity index (χ3n) is 28.0. The highest BCUT2D eigenvalue weighted by molar-refractivity contribution is 5.76. The fraction of sp³-hybridized carbons (Fsp3) is 0.918. The van der Waals surface area contributed by atoms with E-state index in [1.165, 1.54) is 142 Å². The number of carbonyl (C=O) groups excluding carboxylic acids is 4. The SMILES string of the molecule is CCCCCCCC/C=C\CCCCCCCCCCCCCCCC(=O)N[C@@H](CO[C@@H]1OC(CO)[C@@H](O[C@@H]2OC(CO)[C@H](O[C@@H]3OC(CO)[C@H](O[C@@H]4OC(CO)[C@H](O)[C@H](O[C@@H]5OC(CO)[C@H](O)[C@H](O)C5O[C@H]5OC(C)[C@@H](O)C(O)[C@@H]5O)C4NC(C)=O)[C@H](O[C@@H]4OC(CO)[C@H](O)[C@H](O[C@H]5OC(CO)[C@H](O)[C@H](O)C5NC(C)=O)C4NC(C)=O)C3O)[C@H](O)C2O)[C@H](O)C1O)[C@H](O)/C=C/CCCCCCCCCCCCC. The molecule has 26 N–H and O–H groups in total. The Morgan fingerprint density at radius 1 is 0.285 bits per heavy atom. The van der Waals surface area contributed by atoms with Gasteiger partial charge >= 0.3 is 0 Å². The van der Waals surface area contributed by atoms with Crippen molar-refractivity contribution in [3.05, 3.63) is 24.3 Å². The molecule has 46 heteroatoms. The first-order valence-electron chi connectivity index (χ1n) is 52.5. The van der Waals surface area contributed by atoms with E-state index < -0.39 is 328 Å². The van der Waals surface area contributed by atoms with Crippen LogP contribution in [0.15, 0.2) is 24.3 Å². The Hall–Kier alpha value is -4.16. The van der Waals surface area contributed by atoms with Gasteiger partial charge in [0.05, 0.1) is 71.1 Å². The summed E-state index contributed by atoms with van der Waals surface area (Å²) in [5.41, 5.74) is 0. The molecule has 8 aliphatic heterocycles. The van der Waals surface area contributed by atoms with Gasteiger partial charge in [0.2, 0.25) is 23.6 Å². The van der Waals surface area contributed by atoms with Crippen LogP contribution >= 0.6 is 0 Å². The topological polar surface area (TPSA) is 709 Å². The lowest BCUT2D eigenvalue weighted by atomic mass is 9.93. The third kappa shape index (κ3) is 37.4. The molecule has 8 fully saturated rings. The summed E-state index contributed by atoms with van der Waals surface area (Å²) in [6.45, 7) is 0.255. The van der Waals surface area contributed by atoms with E-state index >= 15 is 0 Å². The summed E-state index contributed by atoms with van der Waals surface area (Å²) in [4.78, 5) is 53.5. The van der Waals surface area contributed by atoms with Gasteiger partial charge in [-0.15, -0.1) is 0 Å². The molecule has 4 amide bonds. The van der Waals surface area contributed by atoms with E-state index in [4.69, 9.17) is 75.8 Å². The van der Waals surface area contributed by atoms with Gasteiger partial charge in [-0.3, -0.25) is 19.2 Å². The molecule has 838 valence electrons. The number of carbonyl (C=O) groups is 4. The van der Waals surface area contributed by atoms with Gasteiger partial charge in [-0.05, 0) is 51.9 Å². The monoisotopic (exact) mass is 2080 g/mol. The van der Waals surface area contributed by atoms with Crippen molar-refractivity contribution in [2.75, 3.05) is 52.9 Å². The number of hydrogen-bond donors (Lipinski definition) is 26. The Morgan fingerprint density at radius 3 is 1.03 bits per heavy atom. The average molecular weight is 2080 g/mol. The second-order valence-electron chi connectivity index (χ2n) is 39.5. The number of aliphatic hydroxyl groups is 22. The molecule has 0 spiro atoms. The van der Waals surface area contributed by atoms with Crippen molar-refractivity contribution >= 4 is 23.6 Å². The van der Waals surface area contributed by atoms with Crippen molar-refractivity contribution in [2.45, 2.75) is 517 Å². The highest BCUT2D eigenvalue weighted by Crippen LogP contribution is 2.41. The molecule has 8 rings (SSSR count). The van der Waals surface area contributed by atoms with Crippen LogP contribution in [-0.2, 0) is 95.0 Å². The predicted molar refractivity (Wildman–Crippen MR) is 506 cm³/mol. The Labute approximate surface area is 843 Å². The first-order valence-corrected chi connectivity index (χ1v) is 52.5. The maximum Gasteiger partial charge on any atom is 0.220 e. The first kappa shape index (κ1) is 125. The smallest absolute Gasteiger partial charge is 0.220 e. The molecule has 0 aromatic rings. The van der Waals surface area contributed by atoms with Crippen molar-refractivity contribution < 1.29 is 207 Å². The molecular weight excluding hydrogens is 1910 g/mol. The lowest BCUT2D eigenvalue weighted by Gasteiger charge is -2.52. The summed E-state index contributed by atoms with van der Waals surface area (Å²) in [5, 5.41) is 261. The number of aliphatic hydroxyl groups excluding tert-OH is 22. The zero-order chi connectivity index (χ0) is 105. The zero-order valence-corrected chi connectivity index (χ0v) is 84.3. The van der Waals surface area contributed by atoms with Crippen molar-refractivity contribution in [3.63, 3.8) is 0 Å². The predicted octanol–water partition coefficient (Wildman–Crippen LogP) is -2.71. The van der Waals surface area contributed by atoms with Crippen molar-refractivity contribution in [1.29, 1.82) is 0 Å². The summed E-state index contributed by atoms with van der Waals surface area (Å²) in [6, 6.07) is -6.90. The molecule has 0 aromatic carbocycles. The lowest BCUT2D eigenvalue weighted by molar-refractivity contribution is -0.403. The molecule has 144 heavy (non-hydrogen) atoms. The van der Waals surface area contributed by atoms with Crippen LogP contribution in [-0.4, -0.2) is 446 Å². The Balaban J connectivity index is 0.987. The van der Waals surface area contributed by atoms with Crippen LogP contribution in [0.1, 0.15) is 260 Å². The highest BCUT2D eigenvalue weighted by atomic mass is 16.8. The van der Waals surface area contributed by atoms with Gasteiger partial charge in [-0.1, -0.05) is 205 Å². The normalized spacial score (nSPS) is 38.1. The molecular formula is C98H174N4O42. The number of hydrogen-bond acceptors (Lipinski definition) is 42. The molecule has 0 aliphatic carbocycles. The second-order valence-corrected chi connectivity index (χ2v) is 39.5. The summed E-state index contributed by atoms with van der Waals surface area (Å²) in [5.74, 6) is -3.18. The van der Waals surface area contributed by atoms with Gasteiger partial charge in [0.15, 0.2) is 50.3 Å². The third-order valence-corrected chi connectivity index (χ3v) is 28.0. The molecule has 0 aromatic heterocycles. The highest BCUT2D eigenvalue weighted by Gasteiger charge is 2.62. The van der Waals surface area contributed by atoms with Gasteiger partial charge < -0.3 is 209 Å². The van der Waals surface area contributed by atoms with Gasteiger partial charge in [-0.25, -0.2) is 0 Å². The van der Waals surface area contributed by atoms with Crippen LogP contribution in [0.25, 0.3) is 0 Å². The number of rotatable bonds is 65. The number of unbranched alkanes of at least 4 members (excludes halogenated alkanes) is 30. The van der Waals surface area contributed by atoms with Crippen molar-refractivity contribution in [3.8, 4) is 0 Å². The average Bonchev–Trinajstić information content (AvgIpc) is 0.759. The fourth-order valence-corrected chi connectivity index (χ4v) is 19.5. The zero-order valence-electron chi connectivity index (χ0n) is 84.3. The van der Waals surface area contributed by atoms with E-state index in [1.54, 1.807) is 6.08 Å². The van der Waals surface area contributed by atoms with Crippen LogP contribution in [0.5, 0.6) is 0 Å². The minimum Gasteiger partial charge on any atom is -0.394 e. The van der Waals surface area contributed by atoms with E-state index in [1.807, 2.05) is 6.08 Å². The van der Waals surface area contributed by atoms with Crippen LogP contribution in [0, 0.1) is 0 Å². The van der Waals surface area contributed by atoms with Crippen LogP contribution in [0.3, 0.4) is 0 Å². The molecule has 16 unspecified atom stereocenters. The van der Waals surface area contributed by atoms with E-state index in [-0.39, 0.29) is 12.3 Å². The molecule has 8 heterocycles. The maximum atomic E-state index is 13.7. The Kier molecular flexibility index (Phi) is 57.3. The van der Waals surface area contributed by atoms with Crippen LogP contribution < -0.4 is 21.3 Å². The fourth-order valence-electron chi connectivity index (χ4n) is 19.5. The van der Waals surface area contributed by atoms with Gasteiger partial charge in [0.1, 0.15) is 189 Å². The molecule has 0 radical (unpaired) electrons. The maximum absolute atomic E-state index is 13.7. The molecule has 8 saturated heterocycles. The van der Waals surface area contributed by atoms with E-state index in [0.717, 1.165) is 85.0 Å². The minimum absolute atomic E-state index is 0.134. The molecule has 8 aliphatic rings. The summed E-state index contributed by atoms with van der Waals surface area (Å²) < 4.78 is 97.9. The molecule has 42 atom stereocenters. The summed E-state index contributed by atoms with van der Waals surface area (Å²) in [6.07, 6.45) is -31.2. The number of allylic oxidation sites excluding steroid dienone is 3. The largest absolute Gasteiger partial charge is 0.394 e. The van der Waals surface area contributed by atoms with E-state index in [0.29, 0.717) is 12.8 Å². The molecule has 46 nitrogen and oxygen atoms in total. The van der Waals surface area contributed by atoms with Crippen LogP contribution in [0.2, 0.25) is 0 Å². The first-order chi connectivity index (χ1) is 69.1. The van der Waals surface area contributed by atoms with Crippen LogP contribution in [0.4, 0.5) is 0 Å². The van der Waals surface area contributed by atoms with Gasteiger partial charge in [0.25, 0.3) is 0 Å². The van der Waals surface area contributed by atoms with Crippen molar-refractivity contribution in [1.82, 2.24) is 21.3 Å². The van der Waals surface area contributed by atoms with Gasteiger partial charge in [0, 0.05) is 27.2 Å². The summed E-state index contributed by atoms with van der Waals surface area (Å²) >= 11 is 0. The summed E-state index contributed by atoms with van der Waals surface area (Å²) in [7, 11) is 0. The number of ether oxygens (including phenoxy) is 16. The molecule has 0 saturated carbocycles. The Morgan fingerprint density at radius 2 is 0.590 bits per heavy atom. The minimum atomic E-state index is -2.57. The quantitative estimate of drug-likeness (QED) is 0.0217. The number of nitrogens with one attached hydrogen (secondary N) is 4. The van der Waals surface area contributed by atoms with Gasteiger partial charge in [-0.2, -0.15) is 0 Å². The van der Waals surface area contributed by atoms with E-state index in [9.17, 15) is 132 Å². The molecule has 0 bridgehead atoms. The van der Waals surface area contributed by atoms with E-state index in [2.05, 4.69) is 47.3 Å². The lowest BCUT2D eigenvalue weighted by Crippen LogP contribution is -2.72. The Bertz CT molecular complexity index is 3580.